The molecule has 4 aromatic carbocycles. The maximum absolute atomic E-state index is 12.7. The smallest absolute Gasteiger partial charge is 0.398 e. The van der Waals surface area contributed by atoms with Crippen molar-refractivity contribution in [2.45, 2.75) is 30.1 Å². The quantitative estimate of drug-likeness (QED) is 0.0677. The Balaban J connectivity index is 1.18. The molecule has 5 atom stereocenters. The van der Waals surface area contributed by atoms with Crippen LogP contribution < -0.4 is 25.3 Å². The normalized spacial score (nSPS) is 20.8. The number of H-pyrrole nitrogens is 1. The van der Waals surface area contributed by atoms with Gasteiger partial charge in [0, 0.05) is 12.1 Å². The minimum absolute atomic E-state index is 0.0164. The molecule has 3 N–H and O–H groups in total. The predicted molar refractivity (Wildman–Crippen MR) is 195 cm³/mol. The molecule has 1 unspecified atom stereocenters. The third-order valence-corrected chi connectivity index (χ3v) is 10.5. The van der Waals surface area contributed by atoms with E-state index in [1.165, 1.54) is 30.6 Å². The monoisotopic (exact) mass is 752 g/mol. The van der Waals surface area contributed by atoms with Gasteiger partial charge in [0.1, 0.15) is 41.2 Å². The first-order valence-corrected chi connectivity index (χ1v) is 17.8. The molecule has 4 heterocycles. The van der Waals surface area contributed by atoms with Crippen molar-refractivity contribution in [3.8, 4) is 17.2 Å². The zero-order valence-electron chi connectivity index (χ0n) is 28.8. The van der Waals surface area contributed by atoms with Gasteiger partial charge in [0.25, 0.3) is 11.2 Å². The van der Waals surface area contributed by atoms with E-state index in [4.69, 9.17) is 38.3 Å². The Hall–Kier alpha value is -5.90. The van der Waals surface area contributed by atoms with Crippen molar-refractivity contribution in [2.24, 2.45) is 0 Å². The second-order valence-electron chi connectivity index (χ2n) is 12.4. The molecular weight excluding hydrogens is 719 g/mol. The Morgan fingerprint density at radius 2 is 1.46 bits per heavy atom. The second kappa shape index (κ2) is 14.5. The zero-order chi connectivity index (χ0) is 37.4. The summed E-state index contributed by atoms with van der Waals surface area (Å²) in [6, 6.07) is 30.7. The number of aromatic amines is 1. The van der Waals surface area contributed by atoms with Gasteiger partial charge in [-0.25, -0.2) is 4.98 Å². The molecule has 2 saturated heterocycles. The molecule has 0 radical (unpaired) electrons. The minimum atomic E-state index is -2.03. The number of nitrogens with one attached hydrogen (secondary N) is 1. The number of benzene rings is 4. The summed E-state index contributed by atoms with van der Waals surface area (Å²) in [5, 5.41) is 11.2. The standard InChI is InChI=1S/C37H33N6O10P/c1-47-26-14-8-23(9-15-26)37(22-6-4-3-5-7-22,24-10-16-27(48-2)17-11-24)49-20-29-31-32(53-54(52-31)51-28-18-12-25(13-19-28)43(45)46)35(50-29)42-21-39-30-33(42)40-36(38)41-34(30)44/h3-19,21,29,31-32,35H,20H2,1-2H3,(H3,38,40,41,44)/t29-,31-,32-,35-,54?/m1/s1. The Morgan fingerprint density at radius 1 is 0.870 bits per heavy atom. The van der Waals surface area contributed by atoms with Crippen LogP contribution in [0.1, 0.15) is 22.9 Å². The largest absolute Gasteiger partial charge is 0.497 e. The fourth-order valence-corrected chi connectivity index (χ4v) is 8.00. The lowest BCUT2D eigenvalue weighted by Gasteiger charge is -2.37. The predicted octanol–water partition coefficient (Wildman–Crippen LogP) is 5.62. The first-order chi connectivity index (χ1) is 26.3. The molecule has 6 aromatic rings. The number of nitro groups is 1. The second-order valence-corrected chi connectivity index (χ2v) is 13.4. The summed E-state index contributed by atoms with van der Waals surface area (Å²) >= 11 is 0. The van der Waals surface area contributed by atoms with Crippen LogP contribution in [-0.4, -0.2) is 63.6 Å². The molecule has 0 aliphatic carbocycles. The Labute approximate surface area is 308 Å². The van der Waals surface area contributed by atoms with Crippen LogP contribution in [0, 0.1) is 10.1 Å². The van der Waals surface area contributed by atoms with Crippen molar-refractivity contribution in [1.29, 1.82) is 0 Å². The van der Waals surface area contributed by atoms with Crippen molar-refractivity contribution in [1.82, 2.24) is 19.5 Å². The average molecular weight is 753 g/mol. The van der Waals surface area contributed by atoms with Crippen molar-refractivity contribution in [2.75, 3.05) is 26.6 Å². The number of methoxy groups -OCH3 is 2. The molecule has 54 heavy (non-hydrogen) atoms. The average Bonchev–Trinajstić information content (AvgIpc) is 3.90. The van der Waals surface area contributed by atoms with Crippen LogP contribution in [-0.2, 0) is 24.1 Å². The number of nitrogens with zero attached hydrogens (tertiary/aromatic N) is 4. The molecule has 0 spiro atoms. The number of nitrogen functional groups attached to an aromatic ring is 1. The van der Waals surface area contributed by atoms with Crippen LogP contribution in [0.3, 0.4) is 0 Å². The number of hydrogen-bond donors (Lipinski definition) is 2. The van der Waals surface area contributed by atoms with Gasteiger partial charge in [-0.3, -0.25) is 33.5 Å². The molecule has 17 heteroatoms. The molecule has 2 fully saturated rings. The number of anilines is 1. The van der Waals surface area contributed by atoms with Crippen LogP contribution in [0.2, 0.25) is 0 Å². The van der Waals surface area contributed by atoms with Gasteiger partial charge in [0.05, 0.1) is 32.1 Å². The minimum Gasteiger partial charge on any atom is -0.497 e. The van der Waals surface area contributed by atoms with E-state index in [1.54, 1.807) is 18.8 Å². The number of aromatic nitrogens is 4. The molecule has 16 nitrogen and oxygen atoms in total. The number of rotatable bonds is 12. The van der Waals surface area contributed by atoms with Crippen LogP contribution >= 0.6 is 8.60 Å². The first kappa shape index (κ1) is 35.1. The lowest BCUT2D eigenvalue weighted by atomic mass is 9.80. The number of non-ortho nitro benzene ring substituents is 1. The van der Waals surface area contributed by atoms with E-state index < -0.39 is 49.2 Å². The number of imidazole rings is 1. The van der Waals surface area contributed by atoms with Gasteiger partial charge in [-0.15, -0.1) is 0 Å². The molecule has 2 aromatic heterocycles. The number of fused-ring (bicyclic) bond motifs is 2. The fraction of sp³-hybridized carbons (Fsp3) is 0.216. The SMILES string of the molecule is COc1ccc(C(OC[C@H]2O[C@@H](n3cnc4c(=O)[nH]c(N)nc43)[C@@H]3OP(Oc4ccc([N+](=O)[O-])cc4)O[C@@H]32)(c2ccccc2)c2ccc(OC)cc2)cc1. The van der Waals surface area contributed by atoms with Gasteiger partial charge >= 0.3 is 8.60 Å². The molecule has 0 saturated carbocycles. The van der Waals surface area contributed by atoms with Gasteiger partial charge in [-0.2, -0.15) is 4.98 Å². The third-order valence-electron chi connectivity index (χ3n) is 9.29. The first-order valence-electron chi connectivity index (χ1n) is 16.7. The van der Waals surface area contributed by atoms with E-state index in [9.17, 15) is 14.9 Å². The number of nitro benzene ring substituents is 1. The Bertz CT molecular complexity index is 2280. The van der Waals surface area contributed by atoms with Crippen molar-refractivity contribution in [3.63, 3.8) is 0 Å². The summed E-state index contributed by atoms with van der Waals surface area (Å²) < 4.78 is 45.2. The number of hydrogen-bond acceptors (Lipinski definition) is 13. The van der Waals surface area contributed by atoms with Crippen LogP contribution in [0.5, 0.6) is 17.2 Å². The summed E-state index contributed by atoms with van der Waals surface area (Å²) in [6.45, 7) is -0.0164. The highest BCUT2D eigenvalue weighted by atomic mass is 31.2. The summed E-state index contributed by atoms with van der Waals surface area (Å²) in [7, 11) is 1.19. The fourth-order valence-electron chi connectivity index (χ4n) is 6.70. The molecule has 8 rings (SSSR count). The van der Waals surface area contributed by atoms with E-state index in [2.05, 4.69) is 15.0 Å². The van der Waals surface area contributed by atoms with Crippen molar-refractivity contribution >= 4 is 31.4 Å². The highest BCUT2D eigenvalue weighted by Crippen LogP contribution is 2.56. The topological polar surface area (TPSA) is 197 Å². The molecule has 2 aliphatic heterocycles. The lowest BCUT2D eigenvalue weighted by Crippen LogP contribution is -2.39. The zero-order valence-corrected chi connectivity index (χ0v) is 29.7. The molecule has 0 amide bonds. The van der Waals surface area contributed by atoms with E-state index in [-0.39, 0.29) is 29.4 Å². The lowest BCUT2D eigenvalue weighted by molar-refractivity contribution is -0.384. The van der Waals surface area contributed by atoms with E-state index in [0.717, 1.165) is 16.7 Å². The highest BCUT2D eigenvalue weighted by molar-refractivity contribution is 7.42. The van der Waals surface area contributed by atoms with Crippen LogP contribution in [0.4, 0.5) is 11.6 Å². The Kier molecular flexibility index (Phi) is 9.43. The van der Waals surface area contributed by atoms with Gasteiger partial charge in [-0.1, -0.05) is 54.6 Å². The van der Waals surface area contributed by atoms with Crippen molar-refractivity contribution in [3.05, 3.63) is 147 Å². The molecule has 2 aliphatic rings. The van der Waals surface area contributed by atoms with E-state index in [1.807, 2.05) is 78.9 Å². The molecular formula is C37H33N6O10P. The summed E-state index contributed by atoms with van der Waals surface area (Å²) in [5.41, 5.74) is 6.89. The Morgan fingerprint density at radius 3 is 2.07 bits per heavy atom. The van der Waals surface area contributed by atoms with Gasteiger partial charge in [0.2, 0.25) is 5.95 Å². The summed E-state index contributed by atoms with van der Waals surface area (Å²) in [4.78, 5) is 34.5. The molecule has 0 bridgehead atoms. The van der Waals surface area contributed by atoms with E-state index in [0.29, 0.717) is 17.2 Å². The number of ether oxygens (including phenoxy) is 4. The maximum Gasteiger partial charge on any atom is 0.398 e. The van der Waals surface area contributed by atoms with Gasteiger partial charge in [-0.05, 0) is 53.1 Å². The van der Waals surface area contributed by atoms with Crippen molar-refractivity contribution < 1.29 is 37.4 Å². The summed E-state index contributed by atoms with van der Waals surface area (Å²) in [6.07, 6.45) is -1.75. The summed E-state index contributed by atoms with van der Waals surface area (Å²) in [5.74, 6) is 1.58. The van der Waals surface area contributed by atoms with Gasteiger partial charge in [0.15, 0.2) is 17.4 Å². The van der Waals surface area contributed by atoms with Gasteiger partial charge < -0.3 is 29.2 Å². The van der Waals surface area contributed by atoms with Crippen LogP contribution in [0.25, 0.3) is 11.2 Å². The maximum atomic E-state index is 12.7. The molecule has 276 valence electrons. The third kappa shape index (κ3) is 6.39. The highest BCUT2D eigenvalue weighted by Gasteiger charge is 2.56. The van der Waals surface area contributed by atoms with E-state index >= 15 is 0 Å². The van der Waals surface area contributed by atoms with Crippen LogP contribution in [0.15, 0.2) is 114 Å². The number of nitrogens with two attached hydrogens (primary N) is 1.